The molecule has 0 bridgehead atoms. The summed E-state index contributed by atoms with van der Waals surface area (Å²) in [5, 5.41) is 2.74. The Labute approximate surface area is 192 Å². The summed E-state index contributed by atoms with van der Waals surface area (Å²) in [5.74, 6) is -0.233. The van der Waals surface area contributed by atoms with Crippen LogP contribution in [-0.4, -0.2) is 59.5 Å². The van der Waals surface area contributed by atoms with E-state index in [1.807, 2.05) is 13.8 Å². The quantitative estimate of drug-likeness (QED) is 0.565. The molecule has 1 aliphatic heterocycles. The lowest BCUT2D eigenvalue weighted by molar-refractivity contribution is -0.308. The molecule has 2 heterocycles. The van der Waals surface area contributed by atoms with E-state index in [0.29, 0.717) is 18.0 Å². The summed E-state index contributed by atoms with van der Waals surface area (Å²) in [4.78, 5) is 29.4. The molecule has 1 aromatic heterocycles. The molecule has 0 aromatic carbocycles. The largest absolute Gasteiger partial charge is 0.475 e. The SMILES string of the molecule is C.CC(C)Oc1ccc(NC(=O)C2CC23CCN(C(=O)OC(C(F)(F)F)C(F)(F)F)CC3)cn1. The van der Waals surface area contributed by atoms with Crippen LogP contribution in [0.4, 0.5) is 36.8 Å². The standard InChI is InChI=1S/C20H23F6N3O4.CH4/c1-11(2)32-14-4-3-12(10-27-14)28-15(30)13-9-18(13)5-7-29(8-6-18)17(31)33-16(19(21,22)23)20(24,25)26;/h3-4,10-11,13,16H,5-9H2,1-2H3,(H,28,30);1H4. The second-order valence-electron chi connectivity index (χ2n) is 8.49. The second-order valence-corrected chi connectivity index (χ2v) is 8.49. The molecule has 1 N–H and O–H groups in total. The minimum Gasteiger partial charge on any atom is -0.475 e. The number of piperidine rings is 1. The van der Waals surface area contributed by atoms with Gasteiger partial charge in [-0.3, -0.25) is 4.79 Å². The van der Waals surface area contributed by atoms with Crippen LogP contribution in [0.5, 0.6) is 5.88 Å². The van der Waals surface area contributed by atoms with Gasteiger partial charge in [-0.25, -0.2) is 9.78 Å². The highest BCUT2D eigenvalue weighted by Crippen LogP contribution is 2.59. The number of nitrogens with one attached hydrogen (secondary N) is 1. The normalized spacial score (nSPS) is 19.6. The van der Waals surface area contributed by atoms with Gasteiger partial charge in [-0.2, -0.15) is 26.3 Å². The number of pyridine rings is 1. The fraction of sp³-hybridized carbons (Fsp3) is 0.667. The number of anilines is 1. The molecule has 0 radical (unpaired) electrons. The van der Waals surface area contributed by atoms with E-state index in [1.165, 1.54) is 6.20 Å². The van der Waals surface area contributed by atoms with E-state index in [1.54, 1.807) is 12.1 Å². The molecule has 1 atom stereocenters. The van der Waals surface area contributed by atoms with Crippen LogP contribution in [0.1, 0.15) is 40.5 Å². The van der Waals surface area contributed by atoms with Crippen LogP contribution >= 0.6 is 0 Å². The predicted molar refractivity (Wildman–Crippen MR) is 109 cm³/mol. The van der Waals surface area contributed by atoms with Crippen LogP contribution in [0, 0.1) is 11.3 Å². The first-order chi connectivity index (χ1) is 15.2. The molecule has 13 heteroatoms. The minimum atomic E-state index is -5.77. The number of ether oxygens (including phenoxy) is 2. The number of hydrogen-bond acceptors (Lipinski definition) is 5. The number of aromatic nitrogens is 1. The first kappa shape index (κ1) is 27.5. The monoisotopic (exact) mass is 499 g/mol. The molecule has 1 saturated carbocycles. The summed E-state index contributed by atoms with van der Waals surface area (Å²) in [6, 6.07) is 3.24. The minimum absolute atomic E-state index is 0. The molecular weight excluding hydrogens is 472 g/mol. The van der Waals surface area contributed by atoms with Crippen molar-refractivity contribution in [2.75, 3.05) is 18.4 Å². The zero-order valence-corrected chi connectivity index (χ0v) is 17.8. The summed E-state index contributed by atoms with van der Waals surface area (Å²) in [6.07, 6.45) is -15.0. The molecule has 2 amide bonds. The number of halogens is 6. The first-order valence-corrected chi connectivity index (χ1v) is 10.2. The number of hydrogen-bond donors (Lipinski definition) is 1. The van der Waals surface area contributed by atoms with Crippen LogP contribution in [0.25, 0.3) is 0 Å². The molecule has 1 saturated heterocycles. The van der Waals surface area contributed by atoms with Crippen LogP contribution < -0.4 is 10.1 Å². The molecule has 1 unspecified atom stereocenters. The van der Waals surface area contributed by atoms with Crippen molar-refractivity contribution < 1.29 is 45.4 Å². The van der Waals surface area contributed by atoms with Gasteiger partial charge in [-0.1, -0.05) is 7.43 Å². The van der Waals surface area contributed by atoms with E-state index in [-0.39, 0.29) is 51.3 Å². The second kappa shape index (κ2) is 9.87. The molecule has 7 nitrogen and oxygen atoms in total. The van der Waals surface area contributed by atoms with Crippen LogP contribution in [0.15, 0.2) is 18.3 Å². The Kier molecular flexibility index (Phi) is 7.98. The maximum atomic E-state index is 12.6. The maximum absolute atomic E-state index is 12.6. The van der Waals surface area contributed by atoms with Gasteiger partial charge in [0, 0.05) is 25.1 Å². The first-order valence-electron chi connectivity index (χ1n) is 10.2. The average molecular weight is 499 g/mol. The molecule has 1 spiro atoms. The summed E-state index contributed by atoms with van der Waals surface area (Å²) in [5.41, 5.74) is 0.0205. The Bertz CT molecular complexity index is 851. The van der Waals surface area contributed by atoms with Crippen molar-refractivity contribution in [1.82, 2.24) is 9.88 Å². The van der Waals surface area contributed by atoms with Crippen molar-refractivity contribution in [2.45, 2.75) is 65.1 Å². The number of nitrogens with zero attached hydrogens (tertiary/aromatic N) is 2. The van der Waals surface area contributed by atoms with Crippen LogP contribution in [0.3, 0.4) is 0 Å². The van der Waals surface area contributed by atoms with E-state index in [9.17, 15) is 35.9 Å². The Morgan fingerprint density at radius 2 is 1.71 bits per heavy atom. The molecule has 2 aliphatic rings. The zero-order chi connectivity index (χ0) is 24.6. The average Bonchev–Trinajstić information content (AvgIpc) is 3.39. The maximum Gasteiger partial charge on any atom is 0.434 e. The van der Waals surface area contributed by atoms with Gasteiger partial charge in [0.15, 0.2) is 0 Å². The lowest BCUT2D eigenvalue weighted by Crippen LogP contribution is -2.49. The van der Waals surface area contributed by atoms with E-state index >= 15 is 0 Å². The Hall–Kier alpha value is -2.73. The van der Waals surface area contributed by atoms with Crippen molar-refractivity contribution in [3.05, 3.63) is 18.3 Å². The smallest absolute Gasteiger partial charge is 0.434 e. The Morgan fingerprint density at radius 1 is 1.12 bits per heavy atom. The molecule has 1 aliphatic carbocycles. The van der Waals surface area contributed by atoms with Gasteiger partial charge in [0.2, 0.25) is 11.8 Å². The fourth-order valence-corrected chi connectivity index (χ4v) is 3.89. The highest BCUT2D eigenvalue weighted by Gasteiger charge is 2.61. The topological polar surface area (TPSA) is 80.8 Å². The third kappa shape index (κ3) is 6.44. The van der Waals surface area contributed by atoms with Crippen LogP contribution in [-0.2, 0) is 9.53 Å². The molecule has 192 valence electrons. The summed E-state index contributed by atoms with van der Waals surface area (Å²) in [7, 11) is 0. The van der Waals surface area contributed by atoms with Gasteiger partial charge in [0.25, 0.3) is 6.10 Å². The van der Waals surface area contributed by atoms with Crippen molar-refractivity contribution in [3.63, 3.8) is 0 Å². The summed E-state index contributed by atoms with van der Waals surface area (Å²) >= 11 is 0. The Balaban J connectivity index is 0.00000408. The third-order valence-corrected chi connectivity index (χ3v) is 5.70. The zero-order valence-electron chi connectivity index (χ0n) is 17.8. The highest BCUT2D eigenvalue weighted by molar-refractivity contribution is 5.95. The van der Waals surface area contributed by atoms with Crippen molar-refractivity contribution >= 4 is 17.7 Å². The predicted octanol–water partition coefficient (Wildman–Crippen LogP) is 5.18. The van der Waals surface area contributed by atoms with E-state index in [0.717, 1.165) is 4.90 Å². The summed E-state index contributed by atoms with van der Waals surface area (Å²) in [6.45, 7) is 3.49. The number of carbonyl (C=O) groups is 2. The van der Waals surface area contributed by atoms with Gasteiger partial charge >= 0.3 is 18.4 Å². The van der Waals surface area contributed by atoms with Gasteiger partial charge in [0.05, 0.1) is 18.0 Å². The van der Waals surface area contributed by atoms with E-state index in [2.05, 4.69) is 15.0 Å². The lowest BCUT2D eigenvalue weighted by atomic mass is 9.91. The summed E-state index contributed by atoms with van der Waals surface area (Å²) < 4.78 is 84.8. The highest BCUT2D eigenvalue weighted by atomic mass is 19.4. The Morgan fingerprint density at radius 3 is 2.18 bits per heavy atom. The van der Waals surface area contributed by atoms with Gasteiger partial charge in [-0.15, -0.1) is 0 Å². The molecular formula is C21H27F6N3O4. The lowest BCUT2D eigenvalue weighted by Gasteiger charge is -2.33. The molecule has 3 rings (SSSR count). The molecule has 1 aromatic rings. The van der Waals surface area contributed by atoms with Crippen LogP contribution in [0.2, 0.25) is 0 Å². The van der Waals surface area contributed by atoms with E-state index < -0.39 is 30.0 Å². The van der Waals surface area contributed by atoms with Gasteiger partial charge < -0.3 is 19.7 Å². The molecule has 34 heavy (non-hydrogen) atoms. The fourth-order valence-electron chi connectivity index (χ4n) is 3.89. The number of carbonyl (C=O) groups excluding carboxylic acids is 2. The number of alkyl halides is 6. The van der Waals surface area contributed by atoms with Gasteiger partial charge in [0.1, 0.15) is 0 Å². The van der Waals surface area contributed by atoms with E-state index in [4.69, 9.17) is 4.74 Å². The van der Waals surface area contributed by atoms with Crippen molar-refractivity contribution in [1.29, 1.82) is 0 Å². The third-order valence-electron chi connectivity index (χ3n) is 5.70. The van der Waals surface area contributed by atoms with Crippen molar-refractivity contribution in [3.8, 4) is 5.88 Å². The number of likely N-dealkylation sites (tertiary alicyclic amines) is 1. The number of amides is 2. The number of rotatable bonds is 5. The van der Waals surface area contributed by atoms with Crippen molar-refractivity contribution in [2.24, 2.45) is 11.3 Å². The molecule has 2 fully saturated rings. The van der Waals surface area contributed by atoms with Gasteiger partial charge in [-0.05, 0) is 44.6 Å².